The van der Waals surface area contributed by atoms with Crippen LogP contribution in [0.5, 0.6) is 0 Å². The standard InChI is InChI=1S/C26H35N3O/c1-2-3-4-14-27-15-7-16-28(18-17-27)23-12-13-24-25-21(23)10-6-11-22(25)26(30)29(24)19-20-8-5-9-20/h6,10-13,20H,2-5,7-9,14-19H2,1H3. The van der Waals surface area contributed by atoms with Crippen LogP contribution < -0.4 is 9.80 Å². The van der Waals surface area contributed by atoms with Gasteiger partial charge in [-0.3, -0.25) is 4.79 Å². The molecule has 160 valence electrons. The summed E-state index contributed by atoms with van der Waals surface area (Å²) in [5.41, 5.74) is 3.35. The molecule has 0 spiro atoms. The summed E-state index contributed by atoms with van der Waals surface area (Å²) in [6, 6.07) is 10.8. The zero-order valence-corrected chi connectivity index (χ0v) is 18.4. The van der Waals surface area contributed by atoms with E-state index in [1.807, 2.05) is 6.07 Å². The van der Waals surface area contributed by atoms with Crippen LogP contribution in [-0.4, -0.2) is 50.1 Å². The van der Waals surface area contributed by atoms with Crippen LogP contribution in [0.3, 0.4) is 0 Å². The van der Waals surface area contributed by atoms with Crippen molar-refractivity contribution in [3.8, 4) is 0 Å². The quantitative estimate of drug-likeness (QED) is 0.585. The summed E-state index contributed by atoms with van der Waals surface area (Å²) in [5, 5.41) is 2.44. The van der Waals surface area contributed by atoms with Crippen molar-refractivity contribution in [1.82, 2.24) is 4.90 Å². The van der Waals surface area contributed by atoms with E-state index in [0.717, 1.165) is 37.4 Å². The Morgan fingerprint density at radius 1 is 0.933 bits per heavy atom. The lowest BCUT2D eigenvalue weighted by atomic mass is 9.85. The number of rotatable bonds is 7. The molecular weight excluding hydrogens is 370 g/mol. The third-order valence-electron chi connectivity index (χ3n) is 7.43. The summed E-state index contributed by atoms with van der Waals surface area (Å²) in [5.74, 6) is 0.889. The number of carbonyl (C=O) groups excluding carboxylic acids is 1. The summed E-state index contributed by atoms with van der Waals surface area (Å²) in [6.45, 7) is 8.91. The highest BCUT2D eigenvalue weighted by Crippen LogP contribution is 2.43. The summed E-state index contributed by atoms with van der Waals surface area (Å²) in [4.78, 5) is 20.4. The predicted molar refractivity (Wildman–Crippen MR) is 126 cm³/mol. The van der Waals surface area contributed by atoms with Crippen molar-refractivity contribution >= 4 is 28.1 Å². The maximum atomic E-state index is 13.2. The average Bonchev–Trinajstić information content (AvgIpc) is 2.87. The smallest absolute Gasteiger partial charge is 0.259 e. The molecule has 0 radical (unpaired) electrons. The number of hydrogen-bond acceptors (Lipinski definition) is 3. The number of amides is 1. The molecule has 2 aromatic rings. The van der Waals surface area contributed by atoms with Crippen molar-refractivity contribution in [2.75, 3.05) is 49.1 Å². The minimum atomic E-state index is 0.206. The van der Waals surface area contributed by atoms with Gasteiger partial charge in [-0.1, -0.05) is 38.3 Å². The van der Waals surface area contributed by atoms with Gasteiger partial charge in [0.2, 0.25) is 0 Å². The first kappa shape index (κ1) is 19.9. The van der Waals surface area contributed by atoms with E-state index in [0.29, 0.717) is 5.92 Å². The molecule has 1 amide bonds. The Labute approximate surface area is 180 Å². The second-order valence-electron chi connectivity index (χ2n) is 9.43. The Morgan fingerprint density at radius 2 is 1.80 bits per heavy atom. The van der Waals surface area contributed by atoms with Gasteiger partial charge in [0.15, 0.2) is 0 Å². The Morgan fingerprint density at radius 3 is 2.60 bits per heavy atom. The van der Waals surface area contributed by atoms with Gasteiger partial charge in [0, 0.05) is 48.2 Å². The lowest BCUT2D eigenvalue weighted by molar-refractivity contribution is 0.0984. The van der Waals surface area contributed by atoms with Crippen molar-refractivity contribution < 1.29 is 4.79 Å². The fourth-order valence-corrected chi connectivity index (χ4v) is 5.44. The highest BCUT2D eigenvalue weighted by Gasteiger charge is 2.33. The van der Waals surface area contributed by atoms with Gasteiger partial charge in [0.1, 0.15) is 0 Å². The first-order chi connectivity index (χ1) is 14.8. The molecule has 30 heavy (non-hydrogen) atoms. The monoisotopic (exact) mass is 405 g/mol. The molecule has 2 heterocycles. The number of carbonyl (C=O) groups is 1. The van der Waals surface area contributed by atoms with Crippen molar-refractivity contribution in [3.05, 3.63) is 35.9 Å². The van der Waals surface area contributed by atoms with Crippen LogP contribution in [0.4, 0.5) is 11.4 Å². The van der Waals surface area contributed by atoms with E-state index in [9.17, 15) is 4.79 Å². The van der Waals surface area contributed by atoms with Crippen LogP contribution in [-0.2, 0) is 0 Å². The van der Waals surface area contributed by atoms with E-state index in [1.165, 1.54) is 74.5 Å². The second-order valence-corrected chi connectivity index (χ2v) is 9.43. The zero-order valence-electron chi connectivity index (χ0n) is 18.4. The zero-order chi connectivity index (χ0) is 20.5. The van der Waals surface area contributed by atoms with Gasteiger partial charge in [-0.05, 0) is 62.9 Å². The molecule has 3 aliphatic rings. The lowest BCUT2D eigenvalue weighted by Gasteiger charge is -2.31. The third kappa shape index (κ3) is 3.60. The van der Waals surface area contributed by atoms with E-state index in [4.69, 9.17) is 0 Å². The lowest BCUT2D eigenvalue weighted by Crippen LogP contribution is -2.34. The first-order valence-electron chi connectivity index (χ1n) is 12.1. The maximum absolute atomic E-state index is 13.2. The topological polar surface area (TPSA) is 26.8 Å². The van der Waals surface area contributed by atoms with E-state index in [1.54, 1.807) is 0 Å². The molecule has 0 atom stereocenters. The van der Waals surface area contributed by atoms with Crippen LogP contribution >= 0.6 is 0 Å². The fourth-order valence-electron chi connectivity index (χ4n) is 5.44. The van der Waals surface area contributed by atoms with Crippen molar-refractivity contribution in [1.29, 1.82) is 0 Å². The van der Waals surface area contributed by atoms with Gasteiger partial charge in [-0.2, -0.15) is 0 Å². The Bertz CT molecular complexity index is 920. The largest absolute Gasteiger partial charge is 0.370 e. The van der Waals surface area contributed by atoms with E-state index in [-0.39, 0.29) is 5.91 Å². The minimum Gasteiger partial charge on any atom is -0.370 e. The Balaban J connectivity index is 1.40. The molecule has 0 N–H and O–H groups in total. The molecule has 0 unspecified atom stereocenters. The molecule has 0 bridgehead atoms. The van der Waals surface area contributed by atoms with Crippen molar-refractivity contribution in [2.24, 2.45) is 5.92 Å². The SMILES string of the molecule is CCCCCN1CCCN(c2ccc3c4c(cccc24)C(=O)N3CC2CCC2)CC1. The molecule has 2 fully saturated rings. The first-order valence-corrected chi connectivity index (χ1v) is 12.1. The van der Waals surface area contributed by atoms with Crippen LogP contribution in [0.15, 0.2) is 30.3 Å². The molecule has 2 aliphatic heterocycles. The van der Waals surface area contributed by atoms with Gasteiger partial charge >= 0.3 is 0 Å². The highest BCUT2D eigenvalue weighted by molar-refractivity contribution is 6.26. The highest BCUT2D eigenvalue weighted by atomic mass is 16.2. The Kier molecular flexibility index (Phi) is 5.68. The molecule has 1 saturated carbocycles. The van der Waals surface area contributed by atoms with E-state index in [2.05, 4.69) is 45.9 Å². The fraction of sp³-hybridized carbons (Fsp3) is 0.577. The number of anilines is 2. The molecule has 1 aliphatic carbocycles. The third-order valence-corrected chi connectivity index (χ3v) is 7.43. The average molecular weight is 406 g/mol. The number of benzene rings is 2. The molecule has 4 heteroatoms. The van der Waals surface area contributed by atoms with Crippen molar-refractivity contribution in [2.45, 2.75) is 51.9 Å². The van der Waals surface area contributed by atoms with Gasteiger partial charge in [-0.25, -0.2) is 0 Å². The summed E-state index contributed by atoms with van der Waals surface area (Å²) in [6.07, 6.45) is 9.00. The second kappa shape index (κ2) is 8.58. The maximum Gasteiger partial charge on any atom is 0.259 e. The number of unbranched alkanes of at least 4 members (excludes halogenated alkanes) is 2. The molecular formula is C26H35N3O. The number of nitrogens with zero attached hydrogens (tertiary/aromatic N) is 3. The Hall–Kier alpha value is -2.07. The molecule has 5 rings (SSSR count). The predicted octanol–water partition coefficient (Wildman–Crippen LogP) is 5.30. The van der Waals surface area contributed by atoms with Crippen LogP contribution in [0.2, 0.25) is 0 Å². The summed E-state index contributed by atoms with van der Waals surface area (Å²) < 4.78 is 0. The van der Waals surface area contributed by atoms with Gasteiger partial charge in [0.25, 0.3) is 5.91 Å². The van der Waals surface area contributed by atoms with Gasteiger partial charge in [0.05, 0.1) is 5.69 Å². The van der Waals surface area contributed by atoms with Crippen LogP contribution in [0.1, 0.15) is 62.2 Å². The summed E-state index contributed by atoms with van der Waals surface area (Å²) in [7, 11) is 0. The minimum absolute atomic E-state index is 0.206. The van der Waals surface area contributed by atoms with E-state index >= 15 is 0 Å². The van der Waals surface area contributed by atoms with Gasteiger partial charge in [-0.15, -0.1) is 0 Å². The molecule has 2 aromatic carbocycles. The van der Waals surface area contributed by atoms with Gasteiger partial charge < -0.3 is 14.7 Å². The molecule has 4 nitrogen and oxygen atoms in total. The molecule has 0 aromatic heterocycles. The van der Waals surface area contributed by atoms with Crippen LogP contribution in [0, 0.1) is 5.92 Å². The molecule has 1 saturated heterocycles. The summed E-state index contributed by atoms with van der Waals surface area (Å²) >= 11 is 0. The van der Waals surface area contributed by atoms with Crippen molar-refractivity contribution in [3.63, 3.8) is 0 Å². The van der Waals surface area contributed by atoms with E-state index < -0.39 is 0 Å². The normalized spacial score (nSPS) is 20.1. The van der Waals surface area contributed by atoms with Crippen LogP contribution in [0.25, 0.3) is 10.8 Å². The number of hydrogen-bond donors (Lipinski definition) is 0.